The first-order valence-electron chi connectivity index (χ1n) is 4.71. The van der Waals surface area contributed by atoms with Gasteiger partial charge in [0.1, 0.15) is 0 Å². The van der Waals surface area contributed by atoms with Crippen LogP contribution in [0.15, 0.2) is 40.2 Å². The second-order valence-electron chi connectivity index (χ2n) is 3.33. The third-order valence-electron chi connectivity index (χ3n) is 2.21. The summed E-state index contributed by atoms with van der Waals surface area (Å²) in [4.78, 5) is 11.8. The van der Waals surface area contributed by atoms with Crippen LogP contribution in [0.1, 0.15) is 5.56 Å². The number of aliphatic carboxylic acids is 1. The van der Waals surface area contributed by atoms with E-state index in [0.29, 0.717) is 0 Å². The lowest BCUT2D eigenvalue weighted by Crippen LogP contribution is -2.00. The summed E-state index contributed by atoms with van der Waals surface area (Å²) >= 11 is 4.95. The van der Waals surface area contributed by atoms with Crippen molar-refractivity contribution in [3.8, 4) is 10.4 Å². The number of halogens is 1. The van der Waals surface area contributed by atoms with Gasteiger partial charge in [0.15, 0.2) is 0 Å². The van der Waals surface area contributed by atoms with Gasteiger partial charge in [0, 0.05) is 14.7 Å². The zero-order valence-electron chi connectivity index (χ0n) is 8.31. The minimum atomic E-state index is -0.809. The third-order valence-corrected chi connectivity index (χ3v) is 4.29. The van der Waals surface area contributed by atoms with Gasteiger partial charge in [-0.25, -0.2) is 0 Å². The van der Waals surface area contributed by atoms with Crippen molar-refractivity contribution < 1.29 is 9.90 Å². The Balaban J connectivity index is 2.46. The molecule has 0 bridgehead atoms. The zero-order valence-corrected chi connectivity index (χ0v) is 10.7. The molecule has 82 valence electrons. The molecule has 0 aliphatic heterocycles. The molecule has 2 aromatic rings. The number of carbonyl (C=O) groups is 1. The molecule has 0 unspecified atom stereocenters. The number of hydrogen-bond acceptors (Lipinski definition) is 2. The van der Waals surface area contributed by atoms with E-state index in [-0.39, 0.29) is 6.42 Å². The topological polar surface area (TPSA) is 37.3 Å². The molecule has 1 aromatic carbocycles. The maximum Gasteiger partial charge on any atom is 0.307 e. The molecular formula is C12H9BrO2S. The highest BCUT2D eigenvalue weighted by molar-refractivity contribution is 9.10. The lowest BCUT2D eigenvalue weighted by molar-refractivity contribution is -0.136. The Morgan fingerprint density at radius 1 is 1.31 bits per heavy atom. The first kappa shape index (κ1) is 11.4. The van der Waals surface area contributed by atoms with Crippen LogP contribution in [0.25, 0.3) is 10.4 Å². The minimum Gasteiger partial charge on any atom is -0.481 e. The maximum absolute atomic E-state index is 10.8. The quantitative estimate of drug-likeness (QED) is 0.935. The number of rotatable bonds is 3. The minimum absolute atomic E-state index is 0.0499. The second-order valence-corrected chi connectivity index (χ2v) is 5.06. The molecule has 16 heavy (non-hydrogen) atoms. The lowest BCUT2D eigenvalue weighted by atomic mass is 10.1. The molecule has 1 heterocycles. The first-order chi connectivity index (χ1) is 7.68. The van der Waals surface area contributed by atoms with Crippen LogP contribution in [-0.4, -0.2) is 11.1 Å². The smallest absolute Gasteiger partial charge is 0.307 e. The largest absolute Gasteiger partial charge is 0.481 e. The van der Waals surface area contributed by atoms with Gasteiger partial charge in [0.05, 0.1) is 6.42 Å². The zero-order chi connectivity index (χ0) is 11.5. The molecule has 1 N–H and O–H groups in total. The predicted molar refractivity (Wildman–Crippen MR) is 68.8 cm³/mol. The lowest BCUT2D eigenvalue weighted by Gasteiger charge is -2.02. The van der Waals surface area contributed by atoms with Crippen LogP contribution in [0.3, 0.4) is 0 Å². The molecule has 0 fully saturated rings. The highest BCUT2D eigenvalue weighted by Crippen LogP contribution is 2.35. The summed E-state index contributed by atoms with van der Waals surface area (Å²) in [5.74, 6) is -0.809. The van der Waals surface area contributed by atoms with Crippen molar-refractivity contribution in [1.82, 2.24) is 0 Å². The highest BCUT2D eigenvalue weighted by atomic mass is 79.9. The molecule has 4 heteroatoms. The van der Waals surface area contributed by atoms with Crippen LogP contribution in [-0.2, 0) is 11.2 Å². The van der Waals surface area contributed by atoms with Crippen LogP contribution in [0, 0.1) is 0 Å². The molecule has 0 saturated carbocycles. The summed E-state index contributed by atoms with van der Waals surface area (Å²) in [5, 5.41) is 10.8. The molecule has 2 nitrogen and oxygen atoms in total. The fraction of sp³-hybridized carbons (Fsp3) is 0.0833. The fourth-order valence-electron chi connectivity index (χ4n) is 1.51. The van der Waals surface area contributed by atoms with Gasteiger partial charge in [-0.15, -0.1) is 11.3 Å². The molecule has 0 aliphatic carbocycles. The molecule has 0 atom stereocenters. The highest BCUT2D eigenvalue weighted by Gasteiger charge is 2.14. The molecule has 2 rings (SSSR count). The Labute approximate surface area is 106 Å². The molecule has 0 spiro atoms. The number of thiophene rings is 1. The van der Waals surface area contributed by atoms with E-state index in [1.165, 1.54) is 0 Å². The first-order valence-corrected chi connectivity index (χ1v) is 6.39. The number of benzene rings is 1. The van der Waals surface area contributed by atoms with Gasteiger partial charge in [0.2, 0.25) is 0 Å². The Kier molecular flexibility index (Phi) is 3.41. The van der Waals surface area contributed by atoms with E-state index in [1.807, 2.05) is 35.7 Å². The van der Waals surface area contributed by atoms with E-state index < -0.39 is 5.97 Å². The SMILES string of the molecule is O=C(O)Cc1c(Br)csc1-c1ccccc1. The molecular weight excluding hydrogens is 288 g/mol. The van der Waals surface area contributed by atoms with Gasteiger partial charge in [-0.05, 0) is 27.1 Å². The summed E-state index contributed by atoms with van der Waals surface area (Å²) in [5.41, 5.74) is 1.91. The van der Waals surface area contributed by atoms with E-state index >= 15 is 0 Å². The average molecular weight is 297 g/mol. The van der Waals surface area contributed by atoms with Gasteiger partial charge in [0.25, 0.3) is 0 Å². The fourth-order valence-corrected chi connectivity index (χ4v) is 3.22. The van der Waals surface area contributed by atoms with Crippen LogP contribution in [0.5, 0.6) is 0 Å². The standard InChI is InChI=1S/C12H9BrO2S/c13-10-7-16-12(9(10)6-11(14)15)8-4-2-1-3-5-8/h1-5,7H,6H2,(H,14,15). The Bertz CT molecular complexity index is 505. The van der Waals surface area contributed by atoms with Gasteiger partial charge in [-0.3, -0.25) is 4.79 Å². The van der Waals surface area contributed by atoms with Crippen molar-refractivity contribution in [1.29, 1.82) is 0 Å². The van der Waals surface area contributed by atoms with Gasteiger partial charge in [-0.1, -0.05) is 30.3 Å². The Morgan fingerprint density at radius 2 is 2.00 bits per heavy atom. The number of carboxylic acids is 1. The van der Waals surface area contributed by atoms with Crippen LogP contribution < -0.4 is 0 Å². The normalized spacial score (nSPS) is 10.3. The Morgan fingerprint density at radius 3 is 2.62 bits per heavy atom. The van der Waals surface area contributed by atoms with E-state index in [2.05, 4.69) is 15.9 Å². The number of hydrogen-bond donors (Lipinski definition) is 1. The van der Waals surface area contributed by atoms with Gasteiger partial charge >= 0.3 is 5.97 Å². The summed E-state index contributed by atoms with van der Waals surface area (Å²) in [6, 6.07) is 9.83. The van der Waals surface area contributed by atoms with E-state index in [4.69, 9.17) is 5.11 Å². The van der Waals surface area contributed by atoms with Crippen LogP contribution in [0.2, 0.25) is 0 Å². The Hall–Kier alpha value is -1.13. The monoisotopic (exact) mass is 296 g/mol. The van der Waals surface area contributed by atoms with Crippen LogP contribution in [0.4, 0.5) is 0 Å². The second kappa shape index (κ2) is 4.80. The van der Waals surface area contributed by atoms with E-state index in [0.717, 1.165) is 20.5 Å². The third kappa shape index (κ3) is 2.33. The van der Waals surface area contributed by atoms with Gasteiger partial charge < -0.3 is 5.11 Å². The van der Waals surface area contributed by atoms with Gasteiger partial charge in [-0.2, -0.15) is 0 Å². The van der Waals surface area contributed by atoms with E-state index in [9.17, 15) is 4.79 Å². The van der Waals surface area contributed by atoms with Crippen LogP contribution >= 0.6 is 27.3 Å². The maximum atomic E-state index is 10.8. The van der Waals surface area contributed by atoms with Crippen molar-refractivity contribution in [3.63, 3.8) is 0 Å². The molecule has 0 radical (unpaired) electrons. The molecule has 0 aliphatic rings. The predicted octanol–water partition coefficient (Wildman–Crippen LogP) is 3.80. The van der Waals surface area contributed by atoms with Crippen molar-refractivity contribution in [2.24, 2.45) is 0 Å². The molecule has 0 amide bonds. The summed E-state index contributed by atoms with van der Waals surface area (Å²) < 4.78 is 0.874. The summed E-state index contributed by atoms with van der Waals surface area (Å²) in [6.07, 6.45) is 0.0499. The van der Waals surface area contributed by atoms with Crippen molar-refractivity contribution in [3.05, 3.63) is 45.7 Å². The van der Waals surface area contributed by atoms with Crippen molar-refractivity contribution in [2.45, 2.75) is 6.42 Å². The molecule has 0 saturated heterocycles. The van der Waals surface area contributed by atoms with Crippen molar-refractivity contribution >= 4 is 33.2 Å². The summed E-state index contributed by atoms with van der Waals surface area (Å²) in [7, 11) is 0. The van der Waals surface area contributed by atoms with Crippen molar-refractivity contribution in [2.75, 3.05) is 0 Å². The van der Waals surface area contributed by atoms with E-state index in [1.54, 1.807) is 11.3 Å². The average Bonchev–Trinajstić information content (AvgIpc) is 2.61. The summed E-state index contributed by atoms with van der Waals surface area (Å²) in [6.45, 7) is 0. The number of carboxylic acid groups (broad SMARTS) is 1. The molecule has 1 aromatic heterocycles.